The van der Waals surface area contributed by atoms with Gasteiger partial charge in [-0.2, -0.15) is 0 Å². The molecule has 92 valence electrons. The molecule has 0 aromatic heterocycles. The van der Waals surface area contributed by atoms with Gasteiger partial charge in [0.05, 0.1) is 0 Å². The molecule has 18 heavy (non-hydrogen) atoms. The topological polar surface area (TPSA) is 35.9 Å². The fraction of sp³-hybridized carbons (Fsp3) is 0.0714. The second kappa shape index (κ2) is 5.94. The molecule has 2 rings (SSSR count). The predicted octanol–water partition coefficient (Wildman–Crippen LogP) is 4.50. The van der Waals surface area contributed by atoms with Crippen molar-refractivity contribution in [2.24, 2.45) is 0 Å². The second-order valence-electron chi connectivity index (χ2n) is 3.74. The zero-order valence-electron chi connectivity index (χ0n) is 9.91. The lowest BCUT2D eigenvalue weighted by Gasteiger charge is -2.08. The lowest BCUT2D eigenvalue weighted by Crippen LogP contribution is -2.11. The Bertz CT molecular complexity index is 535. The molecule has 0 aliphatic carbocycles. The van der Waals surface area contributed by atoms with Crippen molar-refractivity contribution in [2.45, 2.75) is 4.90 Å². The largest absolute Gasteiger partial charge is 0.340 e. The van der Waals surface area contributed by atoms with E-state index >= 15 is 0 Å². The highest BCUT2D eigenvalue weighted by Crippen LogP contribution is 2.18. The number of thioether (sulfide) groups is 1. The molecule has 0 aliphatic rings. The van der Waals surface area contributed by atoms with Crippen LogP contribution >= 0.6 is 23.4 Å². The molecule has 0 atom stereocenters. The smallest absolute Gasteiger partial charge is 0.129 e. The van der Waals surface area contributed by atoms with Crippen molar-refractivity contribution in [3.63, 3.8) is 0 Å². The maximum absolute atomic E-state index is 7.98. The molecule has 2 aromatic rings. The maximum Gasteiger partial charge on any atom is 0.129 e. The summed E-state index contributed by atoms with van der Waals surface area (Å²) in [6.45, 7) is 0. The first-order valence-corrected chi connectivity index (χ1v) is 7.05. The van der Waals surface area contributed by atoms with E-state index < -0.39 is 0 Å². The number of benzene rings is 2. The van der Waals surface area contributed by atoms with Gasteiger partial charge < -0.3 is 5.32 Å². The van der Waals surface area contributed by atoms with E-state index in [2.05, 4.69) is 5.32 Å². The summed E-state index contributed by atoms with van der Waals surface area (Å²) in [5, 5.41) is 11.7. The molecule has 0 amide bonds. The molecule has 0 radical (unpaired) electrons. The maximum atomic E-state index is 7.98. The van der Waals surface area contributed by atoms with Crippen molar-refractivity contribution in [3.05, 3.63) is 59.1 Å². The van der Waals surface area contributed by atoms with Gasteiger partial charge in [-0.05, 0) is 54.8 Å². The summed E-state index contributed by atoms with van der Waals surface area (Å²) in [5.74, 6) is 0.364. The highest BCUT2D eigenvalue weighted by Gasteiger charge is 2.01. The van der Waals surface area contributed by atoms with Crippen LogP contribution in [0, 0.1) is 5.41 Å². The zero-order chi connectivity index (χ0) is 13.0. The number of anilines is 1. The van der Waals surface area contributed by atoms with Crippen LogP contribution in [0.3, 0.4) is 0 Å². The zero-order valence-corrected chi connectivity index (χ0v) is 11.5. The van der Waals surface area contributed by atoms with Gasteiger partial charge in [-0.25, -0.2) is 0 Å². The third-order valence-electron chi connectivity index (χ3n) is 2.49. The normalized spacial score (nSPS) is 10.1. The molecular formula is C14H13ClN2S. The molecule has 0 bridgehead atoms. The van der Waals surface area contributed by atoms with E-state index in [0.717, 1.165) is 11.3 Å². The van der Waals surface area contributed by atoms with E-state index in [4.69, 9.17) is 17.0 Å². The average Bonchev–Trinajstić information content (AvgIpc) is 2.40. The molecule has 2 N–H and O–H groups in total. The van der Waals surface area contributed by atoms with Gasteiger partial charge >= 0.3 is 0 Å². The summed E-state index contributed by atoms with van der Waals surface area (Å²) < 4.78 is 0. The lowest BCUT2D eigenvalue weighted by molar-refractivity contribution is 1.42. The van der Waals surface area contributed by atoms with Gasteiger partial charge in [-0.1, -0.05) is 11.6 Å². The number of hydrogen-bond donors (Lipinski definition) is 2. The Kier molecular flexibility index (Phi) is 4.28. The molecule has 4 heteroatoms. The van der Waals surface area contributed by atoms with Crippen molar-refractivity contribution in [1.29, 1.82) is 5.41 Å². The van der Waals surface area contributed by atoms with E-state index in [1.54, 1.807) is 23.9 Å². The van der Waals surface area contributed by atoms with Crippen LogP contribution in [0.15, 0.2) is 53.4 Å². The monoisotopic (exact) mass is 276 g/mol. The van der Waals surface area contributed by atoms with Gasteiger partial charge in [0.25, 0.3) is 0 Å². The third kappa shape index (κ3) is 3.28. The van der Waals surface area contributed by atoms with Crippen LogP contribution in [-0.2, 0) is 0 Å². The molecular weight excluding hydrogens is 264 g/mol. The molecule has 0 saturated heterocycles. The Balaban J connectivity index is 2.08. The molecule has 0 spiro atoms. The van der Waals surface area contributed by atoms with E-state index in [-0.39, 0.29) is 0 Å². The highest BCUT2D eigenvalue weighted by molar-refractivity contribution is 7.98. The van der Waals surface area contributed by atoms with Crippen LogP contribution in [0.4, 0.5) is 5.69 Å². The van der Waals surface area contributed by atoms with Crippen molar-refractivity contribution in [2.75, 3.05) is 11.6 Å². The predicted molar refractivity (Wildman–Crippen MR) is 80.1 cm³/mol. The molecule has 0 heterocycles. The van der Waals surface area contributed by atoms with Gasteiger partial charge in [-0.3, -0.25) is 5.41 Å². The number of halogens is 1. The van der Waals surface area contributed by atoms with Crippen LogP contribution < -0.4 is 5.32 Å². The SMILES string of the molecule is CSc1ccc(NC(=N)c2ccc(Cl)cc2)cc1. The van der Waals surface area contributed by atoms with E-state index in [1.165, 1.54) is 4.90 Å². The highest BCUT2D eigenvalue weighted by atomic mass is 35.5. The molecule has 0 saturated carbocycles. The summed E-state index contributed by atoms with van der Waals surface area (Å²) in [7, 11) is 0. The molecule has 0 fully saturated rings. The van der Waals surface area contributed by atoms with Crippen LogP contribution in [-0.4, -0.2) is 12.1 Å². The first-order chi connectivity index (χ1) is 8.69. The van der Waals surface area contributed by atoms with Gasteiger partial charge in [0, 0.05) is 21.2 Å². The number of amidine groups is 1. The molecule has 0 aliphatic heterocycles. The van der Waals surface area contributed by atoms with Crippen molar-refractivity contribution >= 4 is 34.9 Å². The van der Waals surface area contributed by atoms with Gasteiger partial charge in [-0.15, -0.1) is 11.8 Å². The number of nitrogens with one attached hydrogen (secondary N) is 2. The summed E-state index contributed by atoms with van der Waals surface area (Å²) in [4.78, 5) is 1.21. The molecule has 2 nitrogen and oxygen atoms in total. The quantitative estimate of drug-likeness (QED) is 0.492. The van der Waals surface area contributed by atoms with Crippen molar-refractivity contribution in [1.82, 2.24) is 0 Å². The minimum atomic E-state index is 0.364. The third-order valence-corrected chi connectivity index (χ3v) is 3.49. The van der Waals surface area contributed by atoms with Crippen molar-refractivity contribution < 1.29 is 0 Å². The Morgan fingerprint density at radius 2 is 1.67 bits per heavy atom. The standard InChI is InChI=1S/C14H13ClN2S/c1-18-13-8-6-12(7-9-13)17-14(16)10-2-4-11(15)5-3-10/h2-9H,1H3,(H2,16,17). The minimum Gasteiger partial charge on any atom is -0.340 e. The van der Waals surface area contributed by atoms with Crippen LogP contribution in [0.5, 0.6) is 0 Å². The summed E-state index contributed by atoms with van der Waals surface area (Å²) >= 11 is 7.51. The van der Waals surface area contributed by atoms with Crippen molar-refractivity contribution in [3.8, 4) is 0 Å². The van der Waals surface area contributed by atoms with Gasteiger partial charge in [0.15, 0.2) is 0 Å². The Morgan fingerprint density at radius 3 is 2.22 bits per heavy atom. The summed E-state index contributed by atoms with van der Waals surface area (Å²) in [6.07, 6.45) is 2.04. The molecule has 2 aromatic carbocycles. The average molecular weight is 277 g/mol. The first kappa shape index (κ1) is 13.0. The lowest BCUT2D eigenvalue weighted by atomic mass is 10.2. The number of rotatable bonds is 3. The van der Waals surface area contributed by atoms with Crippen LogP contribution in [0.2, 0.25) is 5.02 Å². The van der Waals surface area contributed by atoms with E-state index in [0.29, 0.717) is 10.9 Å². The summed E-state index contributed by atoms with van der Waals surface area (Å²) in [6, 6.07) is 15.2. The minimum absolute atomic E-state index is 0.364. The van der Waals surface area contributed by atoms with Crippen LogP contribution in [0.25, 0.3) is 0 Å². The Hall–Kier alpha value is -1.45. The molecule has 0 unspecified atom stereocenters. The van der Waals surface area contributed by atoms with E-state index in [9.17, 15) is 0 Å². The van der Waals surface area contributed by atoms with Gasteiger partial charge in [0.2, 0.25) is 0 Å². The fourth-order valence-electron chi connectivity index (χ4n) is 1.51. The fourth-order valence-corrected chi connectivity index (χ4v) is 2.04. The number of hydrogen-bond acceptors (Lipinski definition) is 2. The first-order valence-electron chi connectivity index (χ1n) is 5.44. The second-order valence-corrected chi connectivity index (χ2v) is 5.05. The Labute approximate surface area is 116 Å². The van der Waals surface area contributed by atoms with Gasteiger partial charge in [0.1, 0.15) is 5.84 Å². The Morgan fingerprint density at radius 1 is 1.06 bits per heavy atom. The summed E-state index contributed by atoms with van der Waals surface area (Å²) in [5.41, 5.74) is 1.72. The van der Waals surface area contributed by atoms with Crippen LogP contribution in [0.1, 0.15) is 5.56 Å². The van der Waals surface area contributed by atoms with E-state index in [1.807, 2.05) is 42.7 Å².